The first-order valence-electron chi connectivity index (χ1n) is 6.37. The number of thiophene rings is 1. The summed E-state index contributed by atoms with van der Waals surface area (Å²) in [6.07, 6.45) is 4.42. The maximum Gasteiger partial charge on any atom is 0.169 e. The Morgan fingerprint density at radius 2 is 2.22 bits per heavy atom. The van der Waals surface area contributed by atoms with Crippen LogP contribution in [0.2, 0.25) is 0 Å². The molecule has 1 aromatic rings. The summed E-state index contributed by atoms with van der Waals surface area (Å²) in [6, 6.07) is 2.03. The van der Waals surface area contributed by atoms with E-state index in [0.29, 0.717) is 6.42 Å². The smallest absolute Gasteiger partial charge is 0.169 e. The average molecular weight is 331 g/mol. The van der Waals surface area contributed by atoms with E-state index in [2.05, 4.69) is 22.9 Å². The molecule has 1 heterocycles. The van der Waals surface area contributed by atoms with Crippen molar-refractivity contribution in [2.24, 2.45) is 5.92 Å². The molecule has 0 saturated heterocycles. The molecule has 1 aliphatic rings. The minimum atomic E-state index is -0.525. The van der Waals surface area contributed by atoms with Gasteiger partial charge in [-0.3, -0.25) is 4.79 Å². The lowest BCUT2D eigenvalue weighted by molar-refractivity contribution is -0.145. The number of carbonyl (C=O) groups is 1. The van der Waals surface area contributed by atoms with Gasteiger partial charge in [0, 0.05) is 28.3 Å². The van der Waals surface area contributed by atoms with Gasteiger partial charge in [0.2, 0.25) is 0 Å². The van der Waals surface area contributed by atoms with Crippen molar-refractivity contribution in [1.82, 2.24) is 0 Å². The van der Waals surface area contributed by atoms with Crippen LogP contribution in [0.15, 0.2) is 15.9 Å². The molecule has 1 aliphatic carbocycles. The normalized spacial score (nSPS) is 28.3. The minimum absolute atomic E-state index is 0.242. The Labute approximate surface area is 121 Å². The molecule has 0 aliphatic heterocycles. The fourth-order valence-electron chi connectivity index (χ4n) is 2.59. The number of ketones is 1. The standard InChI is InChI=1S/C14H19BrO2S/c1-10-3-5-14(17-2,6-4-10)13(16)8-12-7-11(15)9-18-12/h7,9-10H,3-6,8H2,1-2H3. The van der Waals surface area contributed by atoms with E-state index in [1.54, 1.807) is 18.4 Å². The number of rotatable bonds is 4. The highest BCUT2D eigenvalue weighted by atomic mass is 79.9. The zero-order chi connectivity index (χ0) is 13.2. The monoisotopic (exact) mass is 330 g/mol. The van der Waals surface area contributed by atoms with Crippen LogP contribution in [0.5, 0.6) is 0 Å². The van der Waals surface area contributed by atoms with Crippen LogP contribution in [0.1, 0.15) is 37.5 Å². The molecule has 0 spiro atoms. The van der Waals surface area contributed by atoms with Crippen LogP contribution in [0.25, 0.3) is 0 Å². The first kappa shape index (κ1) is 14.2. The highest BCUT2D eigenvalue weighted by molar-refractivity contribution is 9.10. The van der Waals surface area contributed by atoms with Gasteiger partial charge in [-0.1, -0.05) is 6.92 Å². The molecule has 1 fully saturated rings. The van der Waals surface area contributed by atoms with Crippen molar-refractivity contribution in [3.05, 3.63) is 20.8 Å². The van der Waals surface area contributed by atoms with Crippen LogP contribution in [-0.2, 0) is 16.0 Å². The highest BCUT2D eigenvalue weighted by Gasteiger charge is 2.40. The third kappa shape index (κ3) is 3.03. The predicted octanol–water partition coefficient (Wildman–Crippen LogP) is 4.22. The Hall–Kier alpha value is -0.190. The Bertz CT molecular complexity index is 419. The van der Waals surface area contributed by atoms with Gasteiger partial charge in [0.15, 0.2) is 5.78 Å². The van der Waals surface area contributed by atoms with Crippen molar-refractivity contribution in [2.45, 2.75) is 44.6 Å². The molecule has 0 bridgehead atoms. The lowest BCUT2D eigenvalue weighted by Gasteiger charge is -2.36. The third-order valence-electron chi connectivity index (χ3n) is 3.94. The van der Waals surface area contributed by atoms with Gasteiger partial charge in [-0.15, -0.1) is 11.3 Å². The Morgan fingerprint density at radius 3 is 2.72 bits per heavy atom. The molecule has 2 rings (SSSR count). The predicted molar refractivity (Wildman–Crippen MR) is 78.1 cm³/mol. The second kappa shape index (κ2) is 5.85. The fraction of sp³-hybridized carbons (Fsp3) is 0.643. The van der Waals surface area contributed by atoms with E-state index in [1.165, 1.54) is 0 Å². The van der Waals surface area contributed by atoms with E-state index in [4.69, 9.17) is 4.74 Å². The van der Waals surface area contributed by atoms with Crippen LogP contribution in [0, 0.1) is 5.92 Å². The first-order valence-corrected chi connectivity index (χ1v) is 8.04. The van der Waals surface area contributed by atoms with E-state index in [0.717, 1.165) is 41.0 Å². The molecular weight excluding hydrogens is 312 g/mol. The summed E-state index contributed by atoms with van der Waals surface area (Å²) in [6.45, 7) is 2.25. The van der Waals surface area contributed by atoms with E-state index in [9.17, 15) is 4.79 Å². The van der Waals surface area contributed by atoms with E-state index in [1.807, 2.05) is 11.4 Å². The van der Waals surface area contributed by atoms with Crippen molar-refractivity contribution >= 4 is 33.0 Å². The number of hydrogen-bond donors (Lipinski definition) is 0. The first-order chi connectivity index (χ1) is 8.55. The number of hydrogen-bond acceptors (Lipinski definition) is 3. The van der Waals surface area contributed by atoms with Crippen molar-refractivity contribution in [3.8, 4) is 0 Å². The molecule has 0 radical (unpaired) electrons. The quantitative estimate of drug-likeness (QED) is 0.826. The molecule has 0 N–H and O–H groups in total. The highest BCUT2D eigenvalue weighted by Crippen LogP contribution is 2.36. The summed E-state index contributed by atoms with van der Waals surface area (Å²) in [5, 5.41) is 2.02. The fourth-order valence-corrected chi connectivity index (χ4v) is 4.04. The van der Waals surface area contributed by atoms with Crippen LogP contribution in [0.3, 0.4) is 0 Å². The van der Waals surface area contributed by atoms with Gasteiger partial charge in [0.05, 0.1) is 0 Å². The van der Waals surface area contributed by atoms with Gasteiger partial charge in [0.1, 0.15) is 5.60 Å². The van der Waals surface area contributed by atoms with Crippen LogP contribution in [-0.4, -0.2) is 18.5 Å². The maximum absolute atomic E-state index is 12.5. The van der Waals surface area contributed by atoms with Crippen molar-refractivity contribution in [2.75, 3.05) is 7.11 Å². The average Bonchev–Trinajstić information content (AvgIpc) is 2.76. The summed E-state index contributed by atoms with van der Waals surface area (Å²) in [4.78, 5) is 13.6. The summed E-state index contributed by atoms with van der Waals surface area (Å²) >= 11 is 5.05. The summed E-state index contributed by atoms with van der Waals surface area (Å²) in [7, 11) is 1.68. The molecule has 1 aromatic heterocycles. The summed E-state index contributed by atoms with van der Waals surface area (Å²) in [5.41, 5.74) is -0.525. The maximum atomic E-state index is 12.5. The van der Waals surface area contributed by atoms with Crippen LogP contribution < -0.4 is 0 Å². The van der Waals surface area contributed by atoms with E-state index >= 15 is 0 Å². The molecule has 18 heavy (non-hydrogen) atoms. The van der Waals surface area contributed by atoms with Crippen LogP contribution >= 0.6 is 27.3 Å². The van der Waals surface area contributed by atoms with Gasteiger partial charge in [0.25, 0.3) is 0 Å². The Morgan fingerprint density at radius 1 is 1.56 bits per heavy atom. The van der Waals surface area contributed by atoms with Crippen molar-refractivity contribution in [3.63, 3.8) is 0 Å². The number of methoxy groups -OCH3 is 1. The van der Waals surface area contributed by atoms with Crippen LogP contribution in [0.4, 0.5) is 0 Å². The zero-order valence-corrected chi connectivity index (χ0v) is 13.3. The molecule has 100 valence electrons. The molecular formula is C14H19BrO2S. The van der Waals surface area contributed by atoms with Gasteiger partial charge in [-0.2, -0.15) is 0 Å². The molecule has 1 saturated carbocycles. The molecule has 0 unspecified atom stereocenters. The van der Waals surface area contributed by atoms with E-state index in [-0.39, 0.29) is 5.78 Å². The molecule has 0 atom stereocenters. The number of carbonyl (C=O) groups excluding carboxylic acids is 1. The number of ether oxygens (including phenoxy) is 1. The zero-order valence-electron chi connectivity index (χ0n) is 10.9. The third-order valence-corrected chi connectivity index (χ3v) is 5.64. The lowest BCUT2D eigenvalue weighted by atomic mass is 9.76. The second-order valence-corrected chi connectivity index (χ2v) is 7.12. The van der Waals surface area contributed by atoms with E-state index < -0.39 is 5.60 Å². The van der Waals surface area contributed by atoms with Crippen molar-refractivity contribution in [1.29, 1.82) is 0 Å². The summed E-state index contributed by atoms with van der Waals surface area (Å²) < 4.78 is 6.67. The molecule has 0 aromatic carbocycles. The minimum Gasteiger partial charge on any atom is -0.370 e. The molecule has 0 amide bonds. The lowest BCUT2D eigenvalue weighted by Crippen LogP contribution is -2.44. The number of halogens is 1. The van der Waals surface area contributed by atoms with Gasteiger partial charge in [-0.05, 0) is 53.6 Å². The summed E-state index contributed by atoms with van der Waals surface area (Å²) in [5.74, 6) is 0.961. The van der Waals surface area contributed by atoms with Gasteiger partial charge >= 0.3 is 0 Å². The Balaban J connectivity index is 2.06. The molecule has 2 nitrogen and oxygen atoms in total. The Kier molecular flexibility index (Phi) is 4.62. The van der Waals surface area contributed by atoms with Crippen molar-refractivity contribution < 1.29 is 9.53 Å². The number of Topliss-reactive ketones (excluding diaryl/α,β-unsaturated/α-hetero) is 1. The topological polar surface area (TPSA) is 26.3 Å². The van der Waals surface area contributed by atoms with Gasteiger partial charge < -0.3 is 4.74 Å². The second-order valence-electron chi connectivity index (χ2n) is 5.21. The largest absolute Gasteiger partial charge is 0.370 e. The SMILES string of the molecule is COC1(C(=O)Cc2cc(Br)cs2)CCC(C)CC1. The molecule has 4 heteroatoms. The van der Waals surface area contributed by atoms with Gasteiger partial charge in [-0.25, -0.2) is 0 Å².